The van der Waals surface area contributed by atoms with E-state index in [-0.39, 0.29) is 6.54 Å². The second-order valence-corrected chi connectivity index (χ2v) is 10.1. The zero-order valence-corrected chi connectivity index (χ0v) is 19.3. The SMILES string of the molecule is CCc1ccc(N(CC(=O)NN=C2CCCCCCCCCCC2)S(C)(=O)=O)cc1. The van der Waals surface area contributed by atoms with Crippen LogP contribution in [-0.4, -0.2) is 32.8 Å². The zero-order valence-electron chi connectivity index (χ0n) is 18.5. The molecule has 30 heavy (non-hydrogen) atoms. The highest BCUT2D eigenvalue weighted by Gasteiger charge is 2.20. The van der Waals surface area contributed by atoms with Crippen LogP contribution in [0.25, 0.3) is 0 Å². The Balaban J connectivity index is 1.99. The van der Waals surface area contributed by atoms with Crippen LogP contribution in [0.5, 0.6) is 0 Å². The Morgan fingerprint density at radius 1 is 0.933 bits per heavy atom. The van der Waals surface area contributed by atoms with E-state index in [1.807, 2.05) is 19.1 Å². The molecule has 0 aliphatic heterocycles. The number of nitrogens with one attached hydrogen (secondary N) is 1. The molecule has 1 aromatic carbocycles. The average Bonchev–Trinajstić information content (AvgIpc) is 2.71. The average molecular weight is 436 g/mol. The maximum Gasteiger partial charge on any atom is 0.260 e. The van der Waals surface area contributed by atoms with Gasteiger partial charge in [-0.05, 0) is 49.8 Å². The van der Waals surface area contributed by atoms with Crippen LogP contribution < -0.4 is 9.73 Å². The lowest BCUT2D eigenvalue weighted by Crippen LogP contribution is -2.39. The molecule has 1 saturated carbocycles. The molecule has 1 aliphatic rings. The monoisotopic (exact) mass is 435 g/mol. The van der Waals surface area contributed by atoms with Gasteiger partial charge >= 0.3 is 0 Å². The fourth-order valence-corrected chi connectivity index (χ4v) is 4.59. The van der Waals surface area contributed by atoms with Gasteiger partial charge in [0.05, 0.1) is 11.9 Å². The Bertz CT molecular complexity index is 774. The van der Waals surface area contributed by atoms with Crippen molar-refractivity contribution in [3.63, 3.8) is 0 Å². The second kappa shape index (κ2) is 12.7. The Labute approximate surface area is 182 Å². The maximum atomic E-state index is 12.5. The third-order valence-electron chi connectivity index (χ3n) is 5.59. The van der Waals surface area contributed by atoms with Crippen molar-refractivity contribution in [2.24, 2.45) is 5.10 Å². The van der Waals surface area contributed by atoms with Crippen molar-refractivity contribution in [1.29, 1.82) is 0 Å². The predicted octanol–water partition coefficient (Wildman–Crippen LogP) is 4.79. The zero-order chi connectivity index (χ0) is 21.8. The normalized spacial score (nSPS) is 16.8. The molecule has 7 heteroatoms. The summed E-state index contributed by atoms with van der Waals surface area (Å²) in [6.07, 6.45) is 14.8. The molecule has 1 amide bonds. The van der Waals surface area contributed by atoms with Crippen molar-refractivity contribution < 1.29 is 13.2 Å². The predicted molar refractivity (Wildman–Crippen MR) is 124 cm³/mol. The summed E-state index contributed by atoms with van der Waals surface area (Å²) >= 11 is 0. The van der Waals surface area contributed by atoms with Gasteiger partial charge in [0.1, 0.15) is 6.54 Å². The molecule has 0 saturated heterocycles. The van der Waals surface area contributed by atoms with Gasteiger partial charge in [0.15, 0.2) is 0 Å². The molecule has 0 atom stereocenters. The van der Waals surface area contributed by atoms with Gasteiger partial charge in [0.25, 0.3) is 5.91 Å². The van der Waals surface area contributed by atoms with Gasteiger partial charge in [-0.2, -0.15) is 5.10 Å². The molecule has 168 valence electrons. The van der Waals surface area contributed by atoms with Gasteiger partial charge in [0.2, 0.25) is 10.0 Å². The number of aryl methyl sites for hydroxylation is 1. The van der Waals surface area contributed by atoms with Crippen LogP contribution in [0, 0.1) is 0 Å². The number of carbonyl (C=O) groups is 1. The van der Waals surface area contributed by atoms with Gasteiger partial charge in [-0.15, -0.1) is 0 Å². The van der Waals surface area contributed by atoms with Crippen LogP contribution in [0.4, 0.5) is 5.69 Å². The van der Waals surface area contributed by atoms with Crippen molar-refractivity contribution in [2.45, 2.75) is 84.0 Å². The van der Waals surface area contributed by atoms with E-state index >= 15 is 0 Å². The number of hydrazone groups is 1. The summed E-state index contributed by atoms with van der Waals surface area (Å²) in [4.78, 5) is 12.5. The van der Waals surface area contributed by atoms with Crippen LogP contribution in [0.1, 0.15) is 83.1 Å². The van der Waals surface area contributed by atoms with E-state index < -0.39 is 15.9 Å². The van der Waals surface area contributed by atoms with Crippen molar-refractivity contribution in [1.82, 2.24) is 5.43 Å². The number of hydrogen-bond donors (Lipinski definition) is 1. The molecule has 1 N–H and O–H groups in total. The van der Waals surface area contributed by atoms with Gasteiger partial charge < -0.3 is 0 Å². The molecule has 0 heterocycles. The minimum Gasteiger partial charge on any atom is -0.271 e. The lowest BCUT2D eigenvalue weighted by atomic mass is 10.00. The molecule has 0 radical (unpaired) electrons. The number of benzene rings is 1. The number of rotatable bonds is 6. The van der Waals surface area contributed by atoms with E-state index in [9.17, 15) is 13.2 Å². The van der Waals surface area contributed by atoms with Crippen LogP contribution in [-0.2, 0) is 21.2 Å². The van der Waals surface area contributed by atoms with E-state index in [0.29, 0.717) is 5.69 Å². The van der Waals surface area contributed by atoms with E-state index in [1.54, 1.807) is 12.1 Å². The van der Waals surface area contributed by atoms with E-state index in [0.717, 1.165) is 53.9 Å². The highest BCUT2D eigenvalue weighted by Crippen LogP contribution is 2.19. The highest BCUT2D eigenvalue weighted by molar-refractivity contribution is 7.92. The fraction of sp³-hybridized carbons (Fsp3) is 0.652. The fourth-order valence-electron chi connectivity index (χ4n) is 3.74. The summed E-state index contributed by atoms with van der Waals surface area (Å²) in [7, 11) is -3.58. The minimum absolute atomic E-state index is 0.277. The second-order valence-electron chi connectivity index (χ2n) is 8.18. The number of amides is 1. The van der Waals surface area contributed by atoms with Gasteiger partial charge in [0, 0.05) is 5.71 Å². The first kappa shape index (κ1) is 24.4. The molecular weight excluding hydrogens is 398 g/mol. The molecule has 0 aromatic heterocycles. The third-order valence-corrected chi connectivity index (χ3v) is 6.73. The Morgan fingerprint density at radius 2 is 1.43 bits per heavy atom. The van der Waals surface area contributed by atoms with Gasteiger partial charge in [-0.3, -0.25) is 9.10 Å². The van der Waals surface area contributed by atoms with E-state index in [4.69, 9.17) is 0 Å². The topological polar surface area (TPSA) is 78.8 Å². The first-order valence-corrected chi connectivity index (χ1v) is 13.2. The summed E-state index contributed by atoms with van der Waals surface area (Å²) in [5.74, 6) is -0.418. The van der Waals surface area contributed by atoms with Gasteiger partial charge in [-0.25, -0.2) is 13.8 Å². The number of hydrogen-bond acceptors (Lipinski definition) is 4. The van der Waals surface area contributed by atoms with Crippen LogP contribution in [0.2, 0.25) is 0 Å². The van der Waals surface area contributed by atoms with E-state index in [1.165, 1.54) is 44.9 Å². The summed E-state index contributed by atoms with van der Waals surface area (Å²) in [6, 6.07) is 7.25. The molecule has 0 unspecified atom stereocenters. The third kappa shape index (κ3) is 8.86. The summed E-state index contributed by atoms with van der Waals surface area (Å²) < 4.78 is 25.6. The lowest BCUT2D eigenvalue weighted by Gasteiger charge is -2.21. The van der Waals surface area contributed by atoms with Crippen molar-refractivity contribution >= 4 is 27.3 Å². The van der Waals surface area contributed by atoms with Crippen LogP contribution >= 0.6 is 0 Å². The van der Waals surface area contributed by atoms with Gasteiger partial charge in [-0.1, -0.05) is 64.0 Å². The summed E-state index contributed by atoms with van der Waals surface area (Å²) in [5, 5.41) is 4.36. The Hall–Kier alpha value is -1.89. The molecule has 0 bridgehead atoms. The minimum atomic E-state index is -3.58. The number of nitrogens with zero attached hydrogens (tertiary/aromatic N) is 2. The molecule has 1 aliphatic carbocycles. The quantitative estimate of drug-likeness (QED) is 0.652. The van der Waals surface area contributed by atoms with Crippen molar-refractivity contribution in [2.75, 3.05) is 17.1 Å². The first-order valence-electron chi connectivity index (χ1n) is 11.3. The highest BCUT2D eigenvalue weighted by atomic mass is 32.2. The molecule has 0 spiro atoms. The molecular formula is C23H37N3O3S. The lowest BCUT2D eigenvalue weighted by molar-refractivity contribution is -0.119. The van der Waals surface area contributed by atoms with Crippen LogP contribution in [0.15, 0.2) is 29.4 Å². The standard InChI is InChI=1S/C23H37N3O3S/c1-3-20-15-17-22(18-16-20)26(30(2,28)29)19-23(27)25-24-21-13-11-9-7-5-4-6-8-10-12-14-21/h15-18H,3-14,19H2,1-2H3,(H,25,27). The largest absolute Gasteiger partial charge is 0.271 e. The maximum absolute atomic E-state index is 12.5. The molecule has 6 nitrogen and oxygen atoms in total. The van der Waals surface area contributed by atoms with Crippen molar-refractivity contribution in [3.05, 3.63) is 29.8 Å². The Kier molecular flexibility index (Phi) is 10.3. The first-order chi connectivity index (χ1) is 14.4. The molecule has 1 aromatic rings. The molecule has 2 rings (SSSR count). The smallest absolute Gasteiger partial charge is 0.260 e. The van der Waals surface area contributed by atoms with E-state index in [2.05, 4.69) is 10.5 Å². The summed E-state index contributed by atoms with van der Waals surface area (Å²) in [6.45, 7) is 1.76. The number of sulfonamides is 1. The Morgan fingerprint density at radius 3 is 1.90 bits per heavy atom. The van der Waals surface area contributed by atoms with Crippen molar-refractivity contribution in [3.8, 4) is 0 Å². The number of anilines is 1. The number of carbonyl (C=O) groups excluding carboxylic acids is 1. The van der Waals surface area contributed by atoms with Crippen LogP contribution in [0.3, 0.4) is 0 Å². The summed E-state index contributed by atoms with van der Waals surface area (Å²) in [5.41, 5.74) is 5.22. The molecule has 1 fully saturated rings.